The van der Waals surface area contributed by atoms with Crippen LogP contribution in [0.4, 0.5) is 5.69 Å². The van der Waals surface area contributed by atoms with E-state index in [9.17, 15) is 0 Å². The zero-order valence-electron chi connectivity index (χ0n) is 16.8. The van der Waals surface area contributed by atoms with Crippen molar-refractivity contribution in [1.82, 2.24) is 20.2 Å². The average Bonchev–Trinajstić information content (AvgIpc) is 3.48. The molecule has 2 fully saturated rings. The van der Waals surface area contributed by atoms with Gasteiger partial charge in [0.1, 0.15) is 0 Å². The fraction of sp³-hybridized carbons (Fsp3) is 0.435. The number of benzene rings is 2. The molecule has 1 aliphatic heterocycles. The largest absolute Gasteiger partial charge is 0.360 e. The quantitative estimate of drug-likeness (QED) is 0.727. The number of quaternary nitrogens is 1. The highest BCUT2D eigenvalue weighted by atomic mass is 15.6. The van der Waals surface area contributed by atoms with E-state index in [0.717, 1.165) is 32.0 Å². The number of para-hydroxylation sites is 1. The predicted octanol–water partition coefficient (Wildman–Crippen LogP) is 2.28. The maximum atomic E-state index is 4.56. The van der Waals surface area contributed by atoms with Crippen LogP contribution in [0.15, 0.2) is 60.7 Å². The van der Waals surface area contributed by atoms with Gasteiger partial charge in [0.25, 0.3) is 0 Å². The Kier molecular flexibility index (Phi) is 5.26. The monoisotopic (exact) mass is 389 g/mol. The van der Waals surface area contributed by atoms with E-state index >= 15 is 0 Å². The Bertz CT molecular complexity index is 895. The first-order valence-corrected chi connectivity index (χ1v) is 10.9. The average molecular weight is 390 g/mol. The Morgan fingerprint density at radius 3 is 2.21 bits per heavy atom. The Morgan fingerprint density at radius 2 is 1.52 bits per heavy atom. The number of rotatable bonds is 5. The second-order valence-corrected chi connectivity index (χ2v) is 8.24. The lowest BCUT2D eigenvalue weighted by Gasteiger charge is -2.37. The summed E-state index contributed by atoms with van der Waals surface area (Å²) in [6, 6.07) is 22.2. The molecule has 6 heteroatoms. The van der Waals surface area contributed by atoms with Gasteiger partial charge in [-0.25, -0.2) is 4.68 Å². The third-order valence-corrected chi connectivity index (χ3v) is 6.52. The summed E-state index contributed by atoms with van der Waals surface area (Å²) in [5, 5.41) is 13.1. The van der Waals surface area contributed by atoms with Crippen molar-refractivity contribution >= 4 is 5.69 Å². The van der Waals surface area contributed by atoms with Gasteiger partial charge in [-0.1, -0.05) is 61.4 Å². The first kappa shape index (κ1) is 18.3. The lowest BCUT2D eigenvalue weighted by Crippen LogP contribution is -3.15. The van der Waals surface area contributed by atoms with Crippen molar-refractivity contribution in [3.05, 3.63) is 72.1 Å². The molecule has 6 nitrogen and oxygen atoms in total. The fourth-order valence-corrected chi connectivity index (χ4v) is 4.99. The van der Waals surface area contributed by atoms with Gasteiger partial charge in [0.05, 0.1) is 32.2 Å². The van der Waals surface area contributed by atoms with Crippen molar-refractivity contribution in [3.8, 4) is 0 Å². The number of tetrazole rings is 1. The van der Waals surface area contributed by atoms with Crippen molar-refractivity contribution < 1.29 is 4.90 Å². The molecule has 1 aromatic heterocycles. The molecule has 3 aromatic rings. The second-order valence-electron chi connectivity index (χ2n) is 8.24. The number of hydrogen-bond donors (Lipinski definition) is 1. The van der Waals surface area contributed by atoms with Crippen molar-refractivity contribution in [2.45, 2.75) is 37.8 Å². The van der Waals surface area contributed by atoms with Crippen LogP contribution in [0.25, 0.3) is 0 Å². The molecular weight excluding hydrogens is 360 g/mol. The third-order valence-electron chi connectivity index (χ3n) is 6.52. The van der Waals surface area contributed by atoms with Crippen LogP contribution in [0.3, 0.4) is 0 Å². The SMILES string of the molecule is c1ccc([C@@H](c2nnnn2C2CCCC2)[NH+]2CCN(c3ccccc3)CC2)cc1. The molecule has 0 spiro atoms. The minimum atomic E-state index is 0.185. The van der Waals surface area contributed by atoms with Gasteiger partial charge in [-0.3, -0.25) is 0 Å². The minimum absolute atomic E-state index is 0.185. The molecule has 0 radical (unpaired) electrons. The van der Waals surface area contributed by atoms with Gasteiger partial charge in [-0.15, -0.1) is 5.10 Å². The number of nitrogens with one attached hydrogen (secondary N) is 1. The van der Waals surface area contributed by atoms with Gasteiger partial charge in [0.2, 0.25) is 5.82 Å². The van der Waals surface area contributed by atoms with Crippen LogP contribution in [-0.4, -0.2) is 46.4 Å². The molecule has 5 rings (SSSR count). The lowest BCUT2D eigenvalue weighted by molar-refractivity contribution is -0.927. The fourth-order valence-electron chi connectivity index (χ4n) is 4.99. The van der Waals surface area contributed by atoms with Crippen LogP contribution in [0, 0.1) is 0 Å². The van der Waals surface area contributed by atoms with Gasteiger partial charge in [-0.2, -0.15) is 0 Å². The maximum absolute atomic E-state index is 4.56. The second kappa shape index (κ2) is 8.33. The predicted molar refractivity (Wildman–Crippen MR) is 113 cm³/mol. The number of nitrogens with zero attached hydrogens (tertiary/aromatic N) is 5. The molecule has 2 aromatic carbocycles. The van der Waals surface area contributed by atoms with E-state index in [2.05, 4.69) is 85.8 Å². The zero-order valence-corrected chi connectivity index (χ0v) is 16.8. The molecule has 1 saturated heterocycles. The Labute approximate surface area is 172 Å². The first-order valence-electron chi connectivity index (χ1n) is 10.9. The summed E-state index contributed by atoms with van der Waals surface area (Å²) < 4.78 is 2.14. The van der Waals surface area contributed by atoms with Gasteiger partial charge >= 0.3 is 0 Å². The van der Waals surface area contributed by atoms with Crippen LogP contribution < -0.4 is 9.80 Å². The molecule has 1 aliphatic carbocycles. The summed E-state index contributed by atoms with van der Waals surface area (Å²) in [5.74, 6) is 1.03. The number of piperazine rings is 1. The van der Waals surface area contributed by atoms with E-state index in [0.29, 0.717) is 6.04 Å². The number of anilines is 1. The summed E-state index contributed by atoms with van der Waals surface area (Å²) in [5.41, 5.74) is 2.63. The van der Waals surface area contributed by atoms with Crippen molar-refractivity contribution in [1.29, 1.82) is 0 Å². The molecule has 1 saturated carbocycles. The van der Waals surface area contributed by atoms with E-state index < -0.39 is 0 Å². The molecule has 0 bridgehead atoms. The van der Waals surface area contributed by atoms with Gasteiger partial charge in [-0.05, 0) is 35.4 Å². The molecule has 2 heterocycles. The molecule has 1 N–H and O–H groups in total. The summed E-state index contributed by atoms with van der Waals surface area (Å²) in [6.45, 7) is 4.25. The summed E-state index contributed by atoms with van der Waals surface area (Å²) in [4.78, 5) is 4.04. The molecule has 150 valence electrons. The molecule has 29 heavy (non-hydrogen) atoms. The van der Waals surface area contributed by atoms with Crippen molar-refractivity contribution in [2.75, 3.05) is 31.1 Å². The molecule has 2 aliphatic rings. The summed E-state index contributed by atoms with van der Waals surface area (Å²) in [6.07, 6.45) is 4.94. The smallest absolute Gasteiger partial charge is 0.214 e. The number of hydrogen-bond acceptors (Lipinski definition) is 4. The Hall–Kier alpha value is -2.73. The van der Waals surface area contributed by atoms with Crippen LogP contribution >= 0.6 is 0 Å². The summed E-state index contributed by atoms with van der Waals surface area (Å²) in [7, 11) is 0. The van der Waals surface area contributed by atoms with Crippen LogP contribution in [0.2, 0.25) is 0 Å². The van der Waals surface area contributed by atoms with Gasteiger partial charge in [0.15, 0.2) is 6.04 Å². The molecule has 1 atom stereocenters. The van der Waals surface area contributed by atoms with Crippen LogP contribution in [-0.2, 0) is 0 Å². The third kappa shape index (κ3) is 3.77. The molecule has 0 unspecified atom stereocenters. The highest BCUT2D eigenvalue weighted by molar-refractivity contribution is 5.46. The van der Waals surface area contributed by atoms with Crippen LogP contribution in [0.5, 0.6) is 0 Å². The Balaban J connectivity index is 1.42. The topological polar surface area (TPSA) is 51.3 Å². The summed E-state index contributed by atoms with van der Waals surface area (Å²) >= 11 is 0. The highest BCUT2D eigenvalue weighted by Crippen LogP contribution is 2.31. The highest BCUT2D eigenvalue weighted by Gasteiger charge is 2.36. The van der Waals surface area contributed by atoms with E-state index in [-0.39, 0.29) is 6.04 Å². The zero-order chi connectivity index (χ0) is 19.5. The van der Waals surface area contributed by atoms with E-state index in [4.69, 9.17) is 0 Å². The first-order chi connectivity index (χ1) is 14.4. The lowest BCUT2D eigenvalue weighted by atomic mass is 10.0. The minimum Gasteiger partial charge on any atom is -0.360 e. The standard InChI is InChI=1S/C23H28N6/c1-3-9-19(10-4-1)22(23-24-25-26-29(23)21-13-7-8-14-21)28-17-15-27(16-18-28)20-11-5-2-6-12-20/h1-6,9-12,21-22H,7-8,13-18H2/p+1/t22-/m0/s1. The maximum Gasteiger partial charge on any atom is 0.214 e. The Morgan fingerprint density at radius 1 is 0.862 bits per heavy atom. The van der Waals surface area contributed by atoms with Gasteiger partial charge in [0, 0.05) is 11.3 Å². The van der Waals surface area contributed by atoms with E-state index in [1.807, 2.05) is 0 Å². The van der Waals surface area contributed by atoms with Crippen LogP contribution in [0.1, 0.15) is 49.2 Å². The van der Waals surface area contributed by atoms with Crippen molar-refractivity contribution in [2.24, 2.45) is 0 Å². The van der Waals surface area contributed by atoms with E-state index in [1.54, 1.807) is 4.90 Å². The van der Waals surface area contributed by atoms with Crippen molar-refractivity contribution in [3.63, 3.8) is 0 Å². The molecule has 0 amide bonds. The van der Waals surface area contributed by atoms with E-state index in [1.165, 1.54) is 36.9 Å². The molecular formula is C23H29N6+. The number of aromatic nitrogens is 4. The van der Waals surface area contributed by atoms with Gasteiger partial charge < -0.3 is 9.80 Å². The normalized spacial score (nSPS) is 19.5.